The molecule has 1 fully saturated rings. The van der Waals surface area contributed by atoms with Crippen molar-refractivity contribution in [2.24, 2.45) is 0 Å². The van der Waals surface area contributed by atoms with Crippen LogP contribution in [0.5, 0.6) is 0 Å². The molecule has 0 bridgehead atoms. The van der Waals surface area contributed by atoms with Gasteiger partial charge in [-0.2, -0.15) is 4.98 Å². The number of nitrogens with zero attached hydrogens (tertiary/aromatic N) is 2. The van der Waals surface area contributed by atoms with Gasteiger partial charge in [0, 0.05) is 0 Å². The van der Waals surface area contributed by atoms with Crippen molar-refractivity contribution in [1.29, 1.82) is 0 Å². The second-order valence-corrected chi connectivity index (χ2v) is 5.24. The van der Waals surface area contributed by atoms with Gasteiger partial charge in [-0.05, 0) is 30.8 Å². The highest BCUT2D eigenvalue weighted by Gasteiger charge is 2.20. The third kappa shape index (κ3) is 2.40. The minimum absolute atomic E-state index is 0.259. The Morgan fingerprint density at radius 3 is 3.24 bits per heavy atom. The van der Waals surface area contributed by atoms with Gasteiger partial charge < -0.3 is 9.84 Å². The monoisotopic (exact) mass is 249 g/mol. The van der Waals surface area contributed by atoms with Gasteiger partial charge in [-0.1, -0.05) is 24.1 Å². The Hall–Kier alpha value is -1.20. The molecule has 0 radical (unpaired) electrons. The van der Waals surface area contributed by atoms with Crippen molar-refractivity contribution in [3.63, 3.8) is 0 Å². The van der Waals surface area contributed by atoms with Gasteiger partial charge in [-0.3, -0.25) is 0 Å². The van der Waals surface area contributed by atoms with E-state index in [0.29, 0.717) is 5.89 Å². The summed E-state index contributed by atoms with van der Waals surface area (Å²) in [6.07, 6.45) is 4.87. The lowest BCUT2D eigenvalue weighted by atomic mass is 10.1. The van der Waals surface area contributed by atoms with Crippen LogP contribution in [0.4, 0.5) is 0 Å². The maximum absolute atomic E-state index is 5.31. The van der Waals surface area contributed by atoms with Crippen molar-refractivity contribution in [3.8, 4) is 10.8 Å². The number of rotatable bonds is 2. The van der Waals surface area contributed by atoms with E-state index in [0.717, 1.165) is 23.7 Å². The first kappa shape index (κ1) is 10.9. The molecule has 0 amide bonds. The number of aromatic nitrogens is 2. The fraction of sp³-hybridized carbons (Fsp3) is 0.500. The Morgan fingerprint density at radius 1 is 1.35 bits per heavy atom. The fourth-order valence-electron chi connectivity index (χ4n) is 2.13. The van der Waals surface area contributed by atoms with E-state index in [2.05, 4.69) is 15.5 Å². The molecule has 90 valence electrons. The Morgan fingerprint density at radius 2 is 2.35 bits per heavy atom. The fourth-order valence-corrected chi connectivity index (χ4v) is 2.77. The second kappa shape index (κ2) is 4.98. The minimum Gasteiger partial charge on any atom is -0.333 e. The zero-order valence-electron chi connectivity index (χ0n) is 9.56. The van der Waals surface area contributed by atoms with Crippen LogP contribution in [0.25, 0.3) is 10.8 Å². The van der Waals surface area contributed by atoms with E-state index in [9.17, 15) is 0 Å². The van der Waals surface area contributed by atoms with Gasteiger partial charge in [0.2, 0.25) is 0 Å². The topological polar surface area (TPSA) is 51.0 Å². The van der Waals surface area contributed by atoms with Crippen LogP contribution in [0.2, 0.25) is 0 Å². The summed E-state index contributed by atoms with van der Waals surface area (Å²) < 4.78 is 5.31. The first-order chi connectivity index (χ1) is 8.43. The molecule has 3 heterocycles. The maximum Gasteiger partial charge on any atom is 0.268 e. The predicted octanol–water partition coefficient (Wildman–Crippen LogP) is 3.00. The Balaban J connectivity index is 1.79. The molecule has 1 aliphatic heterocycles. The molecular formula is C12H15N3OS. The van der Waals surface area contributed by atoms with Crippen molar-refractivity contribution >= 4 is 11.3 Å². The average Bonchev–Trinajstić information content (AvgIpc) is 2.95. The van der Waals surface area contributed by atoms with Crippen molar-refractivity contribution in [3.05, 3.63) is 23.3 Å². The van der Waals surface area contributed by atoms with Gasteiger partial charge in [0.15, 0.2) is 5.82 Å². The summed E-state index contributed by atoms with van der Waals surface area (Å²) in [7, 11) is 0. The molecule has 0 aliphatic carbocycles. The highest BCUT2D eigenvalue weighted by Crippen LogP contribution is 2.26. The van der Waals surface area contributed by atoms with Crippen molar-refractivity contribution < 1.29 is 4.52 Å². The van der Waals surface area contributed by atoms with Crippen LogP contribution >= 0.6 is 11.3 Å². The summed E-state index contributed by atoms with van der Waals surface area (Å²) in [5.74, 6) is 1.44. The predicted molar refractivity (Wildman–Crippen MR) is 66.8 cm³/mol. The smallest absolute Gasteiger partial charge is 0.268 e. The molecule has 1 atom stereocenters. The van der Waals surface area contributed by atoms with Gasteiger partial charge in [-0.25, -0.2) is 0 Å². The summed E-state index contributed by atoms with van der Waals surface area (Å²) in [4.78, 5) is 5.53. The molecule has 4 nitrogen and oxygen atoms in total. The van der Waals surface area contributed by atoms with E-state index in [1.807, 2.05) is 17.5 Å². The quantitative estimate of drug-likeness (QED) is 0.889. The summed E-state index contributed by atoms with van der Waals surface area (Å²) in [6.45, 7) is 1.05. The molecule has 0 aromatic carbocycles. The zero-order chi connectivity index (χ0) is 11.5. The summed E-state index contributed by atoms with van der Waals surface area (Å²) in [5.41, 5.74) is 0. The molecule has 0 spiro atoms. The van der Waals surface area contributed by atoms with Crippen LogP contribution in [-0.4, -0.2) is 16.7 Å². The summed E-state index contributed by atoms with van der Waals surface area (Å²) in [5, 5.41) is 9.59. The van der Waals surface area contributed by atoms with Crippen LogP contribution in [0, 0.1) is 0 Å². The standard InChI is InChI=1S/C12H15N3OS/c1-2-5-9(13-7-3-1)11-14-12(16-15-11)10-6-4-8-17-10/h4,6,8-9,13H,1-3,5,7H2. The molecule has 17 heavy (non-hydrogen) atoms. The Bertz CT molecular complexity index is 458. The molecule has 5 heteroatoms. The number of thiophene rings is 1. The van der Waals surface area contributed by atoms with E-state index in [4.69, 9.17) is 4.52 Å². The van der Waals surface area contributed by atoms with E-state index in [1.54, 1.807) is 11.3 Å². The van der Waals surface area contributed by atoms with Gasteiger partial charge >= 0.3 is 0 Å². The normalized spacial score (nSPS) is 21.3. The van der Waals surface area contributed by atoms with Gasteiger partial charge in [0.05, 0.1) is 10.9 Å². The van der Waals surface area contributed by atoms with E-state index in [1.165, 1.54) is 19.3 Å². The largest absolute Gasteiger partial charge is 0.333 e. The lowest BCUT2D eigenvalue weighted by Gasteiger charge is -2.09. The van der Waals surface area contributed by atoms with E-state index >= 15 is 0 Å². The lowest BCUT2D eigenvalue weighted by molar-refractivity contribution is 0.403. The maximum atomic E-state index is 5.31. The first-order valence-electron chi connectivity index (χ1n) is 6.04. The third-order valence-electron chi connectivity index (χ3n) is 3.05. The molecule has 1 aliphatic rings. The average molecular weight is 249 g/mol. The summed E-state index contributed by atoms with van der Waals surface area (Å²) in [6, 6.07) is 4.26. The number of hydrogen-bond donors (Lipinski definition) is 1. The van der Waals surface area contributed by atoms with E-state index in [-0.39, 0.29) is 6.04 Å². The lowest BCUT2D eigenvalue weighted by Crippen LogP contribution is -2.21. The molecule has 1 N–H and O–H groups in total. The summed E-state index contributed by atoms with van der Waals surface area (Å²) >= 11 is 1.62. The molecule has 1 unspecified atom stereocenters. The van der Waals surface area contributed by atoms with Crippen LogP contribution in [0.1, 0.15) is 37.5 Å². The Kier molecular flexibility index (Phi) is 3.20. The molecule has 2 aromatic heterocycles. The second-order valence-electron chi connectivity index (χ2n) is 4.29. The number of hydrogen-bond acceptors (Lipinski definition) is 5. The molecule has 3 rings (SSSR count). The van der Waals surface area contributed by atoms with Crippen molar-refractivity contribution in [2.45, 2.75) is 31.7 Å². The van der Waals surface area contributed by atoms with Gasteiger partial charge in [0.1, 0.15) is 0 Å². The highest BCUT2D eigenvalue weighted by atomic mass is 32.1. The van der Waals surface area contributed by atoms with Gasteiger partial charge in [0.25, 0.3) is 5.89 Å². The van der Waals surface area contributed by atoms with Crippen molar-refractivity contribution in [2.75, 3.05) is 6.54 Å². The van der Waals surface area contributed by atoms with Crippen LogP contribution in [0.15, 0.2) is 22.0 Å². The number of nitrogens with one attached hydrogen (secondary N) is 1. The van der Waals surface area contributed by atoms with Crippen molar-refractivity contribution in [1.82, 2.24) is 15.5 Å². The molecule has 0 saturated carbocycles. The zero-order valence-corrected chi connectivity index (χ0v) is 10.4. The van der Waals surface area contributed by atoms with E-state index < -0.39 is 0 Å². The highest BCUT2D eigenvalue weighted by molar-refractivity contribution is 7.13. The van der Waals surface area contributed by atoms with Gasteiger partial charge in [-0.15, -0.1) is 11.3 Å². The molecule has 1 saturated heterocycles. The van der Waals surface area contributed by atoms with Crippen LogP contribution in [0.3, 0.4) is 0 Å². The SMILES string of the molecule is c1csc(-c2nc(C3CCCCCN3)no2)c1. The van der Waals surface area contributed by atoms with Crippen LogP contribution < -0.4 is 5.32 Å². The van der Waals surface area contributed by atoms with Crippen LogP contribution in [-0.2, 0) is 0 Å². The Labute approximate surface area is 104 Å². The molecule has 2 aromatic rings. The molecular weight excluding hydrogens is 234 g/mol. The minimum atomic E-state index is 0.259. The first-order valence-corrected chi connectivity index (χ1v) is 6.92. The third-order valence-corrected chi connectivity index (χ3v) is 3.90.